The van der Waals surface area contributed by atoms with Crippen LogP contribution < -0.4 is 16.4 Å². The third-order valence-corrected chi connectivity index (χ3v) is 6.86. The van der Waals surface area contributed by atoms with Crippen LogP contribution >= 0.6 is 0 Å². The molecule has 2 fully saturated rings. The topological polar surface area (TPSA) is 115 Å². The number of likely N-dealkylation sites (tertiary alicyclic amines) is 1. The van der Waals surface area contributed by atoms with Gasteiger partial charge in [0.25, 0.3) is 0 Å². The highest BCUT2D eigenvalue weighted by Crippen LogP contribution is 2.33. The number of nitrogens with two attached hydrogens (primary N) is 1. The molecule has 4 atom stereocenters. The molecule has 1 aromatic rings. The molecule has 36 heavy (non-hydrogen) atoms. The van der Waals surface area contributed by atoms with Crippen LogP contribution in [0.3, 0.4) is 0 Å². The van der Waals surface area contributed by atoms with Crippen LogP contribution in [-0.2, 0) is 14.2 Å². The molecule has 2 aliphatic heterocycles. The predicted octanol–water partition coefficient (Wildman–Crippen LogP) is 3.20. The summed E-state index contributed by atoms with van der Waals surface area (Å²) in [5.41, 5.74) is 7.03. The molecule has 0 aromatic heterocycles. The predicted molar refractivity (Wildman–Crippen MR) is 134 cm³/mol. The van der Waals surface area contributed by atoms with Gasteiger partial charge in [0.1, 0.15) is 5.82 Å². The van der Waals surface area contributed by atoms with Crippen LogP contribution in [0.4, 0.5) is 14.0 Å². The molecule has 0 aliphatic carbocycles. The molecule has 1 aromatic carbocycles. The normalized spacial score (nSPS) is 22.2. The van der Waals surface area contributed by atoms with Crippen molar-refractivity contribution in [1.82, 2.24) is 15.5 Å². The summed E-state index contributed by atoms with van der Waals surface area (Å²) in [5.74, 6) is 0.0881. The van der Waals surface area contributed by atoms with E-state index in [4.69, 9.17) is 15.2 Å². The number of nitrogens with one attached hydrogen (secondary N) is 2. The maximum atomic E-state index is 14.0. The third-order valence-electron chi connectivity index (χ3n) is 6.86. The molecular formula is C26H41FN4O5. The van der Waals surface area contributed by atoms with E-state index in [-0.39, 0.29) is 37.0 Å². The summed E-state index contributed by atoms with van der Waals surface area (Å²) in [7, 11) is 1.30. The van der Waals surface area contributed by atoms with Gasteiger partial charge in [0.15, 0.2) is 0 Å². The maximum absolute atomic E-state index is 14.0. The molecule has 3 rings (SSSR count). The number of piperidine rings is 1. The van der Waals surface area contributed by atoms with Crippen LogP contribution in [0.25, 0.3) is 0 Å². The quantitative estimate of drug-likeness (QED) is 0.418. The highest BCUT2D eigenvalue weighted by molar-refractivity contribution is 5.74. The van der Waals surface area contributed by atoms with Crippen molar-refractivity contribution in [2.24, 2.45) is 17.6 Å². The number of rotatable bonds is 10. The summed E-state index contributed by atoms with van der Waals surface area (Å²) in [6.45, 7) is 3.61. The Kier molecular flexibility index (Phi) is 11.7. The fourth-order valence-corrected chi connectivity index (χ4v) is 5.04. The summed E-state index contributed by atoms with van der Waals surface area (Å²) < 4.78 is 30.3. The van der Waals surface area contributed by atoms with Crippen molar-refractivity contribution in [3.8, 4) is 0 Å². The fraction of sp³-hybridized carbons (Fsp3) is 0.692. The maximum Gasteiger partial charge on any atom is 0.406 e. The second-order valence-electron chi connectivity index (χ2n) is 9.73. The molecule has 202 valence electrons. The summed E-state index contributed by atoms with van der Waals surface area (Å²) >= 11 is 0. The van der Waals surface area contributed by atoms with Crippen molar-refractivity contribution < 1.29 is 28.2 Å². The molecular weight excluding hydrogens is 467 g/mol. The molecule has 0 radical (unpaired) electrons. The van der Waals surface area contributed by atoms with Gasteiger partial charge in [0.2, 0.25) is 0 Å². The Morgan fingerprint density at radius 2 is 2.11 bits per heavy atom. The largest absolute Gasteiger partial charge is 0.453 e. The van der Waals surface area contributed by atoms with E-state index in [1.54, 1.807) is 11.0 Å². The van der Waals surface area contributed by atoms with Crippen molar-refractivity contribution in [2.75, 3.05) is 53.1 Å². The molecule has 9 nitrogen and oxygen atoms in total. The highest BCUT2D eigenvalue weighted by atomic mass is 19.1. The number of nitrogens with zero attached hydrogens (tertiary/aromatic N) is 1. The van der Waals surface area contributed by atoms with Gasteiger partial charge in [-0.3, -0.25) is 0 Å². The van der Waals surface area contributed by atoms with Gasteiger partial charge >= 0.3 is 12.1 Å². The SMILES string of the molecule is COC(=O)NCCOC(c1cccc(F)c1)C1CCCN(C(=O)NCC(N)CC2CCCCOC2)C1. The first kappa shape index (κ1) is 28.1. The number of amides is 3. The lowest BCUT2D eigenvalue weighted by molar-refractivity contribution is -0.00864. The Morgan fingerprint density at radius 1 is 1.25 bits per heavy atom. The van der Waals surface area contributed by atoms with Gasteiger partial charge < -0.3 is 35.5 Å². The van der Waals surface area contributed by atoms with Crippen LogP contribution in [0.15, 0.2) is 24.3 Å². The van der Waals surface area contributed by atoms with Crippen LogP contribution in [0.1, 0.15) is 50.2 Å². The third kappa shape index (κ3) is 9.22. The minimum atomic E-state index is -0.536. The lowest BCUT2D eigenvalue weighted by Gasteiger charge is -2.37. The summed E-state index contributed by atoms with van der Waals surface area (Å²) in [5, 5.41) is 5.58. The number of hydrogen-bond donors (Lipinski definition) is 3. The molecule has 2 heterocycles. The highest BCUT2D eigenvalue weighted by Gasteiger charge is 2.31. The van der Waals surface area contributed by atoms with Gasteiger partial charge in [-0.25, -0.2) is 14.0 Å². The van der Waals surface area contributed by atoms with E-state index in [0.717, 1.165) is 51.7 Å². The fourth-order valence-electron chi connectivity index (χ4n) is 5.04. The molecule has 0 bridgehead atoms. The standard InChI is InChI=1S/C26H41FN4O5/c1-34-26(33)29-10-13-36-24(20-7-4-9-22(27)15-20)21-8-5-11-31(17-21)25(32)30-16-23(28)14-19-6-2-3-12-35-18-19/h4,7,9,15,19,21,23-24H,2-3,5-6,8,10-14,16-18,28H2,1H3,(H,29,33)(H,30,32). The first-order valence-corrected chi connectivity index (χ1v) is 13.0. The summed E-state index contributed by atoms with van der Waals surface area (Å²) in [6, 6.07) is 6.08. The number of ether oxygens (including phenoxy) is 3. The molecule has 0 spiro atoms. The molecule has 3 amide bonds. The first-order valence-electron chi connectivity index (χ1n) is 13.0. The molecule has 4 unspecified atom stereocenters. The Hall–Kier alpha value is -2.43. The lowest BCUT2D eigenvalue weighted by Crippen LogP contribution is -2.49. The number of hydrogen-bond acceptors (Lipinski definition) is 6. The second-order valence-corrected chi connectivity index (χ2v) is 9.73. The number of methoxy groups -OCH3 is 1. The van der Waals surface area contributed by atoms with Gasteiger partial charge in [0.05, 0.1) is 19.8 Å². The van der Waals surface area contributed by atoms with Crippen LogP contribution in [0.5, 0.6) is 0 Å². The van der Waals surface area contributed by atoms with E-state index in [9.17, 15) is 14.0 Å². The minimum Gasteiger partial charge on any atom is -0.453 e. The van der Waals surface area contributed by atoms with Gasteiger partial charge in [-0.15, -0.1) is 0 Å². The van der Waals surface area contributed by atoms with Crippen LogP contribution in [0, 0.1) is 17.7 Å². The number of urea groups is 1. The molecule has 2 aliphatic rings. The zero-order valence-electron chi connectivity index (χ0n) is 21.3. The Morgan fingerprint density at radius 3 is 2.92 bits per heavy atom. The Balaban J connectivity index is 1.53. The molecule has 2 saturated heterocycles. The Bertz CT molecular complexity index is 821. The smallest absolute Gasteiger partial charge is 0.406 e. The van der Waals surface area contributed by atoms with Crippen molar-refractivity contribution in [3.05, 3.63) is 35.6 Å². The van der Waals surface area contributed by atoms with Crippen molar-refractivity contribution in [3.63, 3.8) is 0 Å². The van der Waals surface area contributed by atoms with Crippen molar-refractivity contribution in [1.29, 1.82) is 0 Å². The second kappa shape index (κ2) is 15.0. The van der Waals surface area contributed by atoms with E-state index >= 15 is 0 Å². The van der Waals surface area contributed by atoms with Gasteiger partial charge in [-0.2, -0.15) is 0 Å². The minimum absolute atomic E-state index is 0.0127. The van der Waals surface area contributed by atoms with Gasteiger partial charge in [0, 0.05) is 51.4 Å². The first-order chi connectivity index (χ1) is 17.5. The van der Waals surface area contributed by atoms with Crippen LogP contribution in [-0.4, -0.2) is 76.2 Å². The van der Waals surface area contributed by atoms with E-state index < -0.39 is 12.2 Å². The van der Waals surface area contributed by atoms with Gasteiger partial charge in [-0.05, 0) is 55.7 Å². The summed E-state index contributed by atoms with van der Waals surface area (Å²) in [4.78, 5) is 26.1. The lowest BCUT2D eigenvalue weighted by atomic mass is 9.88. The number of alkyl carbamates (subject to hydrolysis) is 1. The average molecular weight is 509 g/mol. The number of benzene rings is 1. The Labute approximate surface area is 213 Å². The molecule has 0 saturated carbocycles. The number of carbonyl (C=O) groups excluding carboxylic acids is 2. The number of carbonyl (C=O) groups is 2. The van der Waals surface area contributed by atoms with Crippen molar-refractivity contribution >= 4 is 12.1 Å². The molecule has 4 N–H and O–H groups in total. The zero-order valence-corrected chi connectivity index (χ0v) is 21.3. The number of halogens is 1. The van der Waals surface area contributed by atoms with Crippen molar-refractivity contribution in [2.45, 2.75) is 50.7 Å². The zero-order chi connectivity index (χ0) is 25.8. The van der Waals surface area contributed by atoms with E-state index in [1.807, 2.05) is 6.07 Å². The van der Waals surface area contributed by atoms with E-state index in [1.165, 1.54) is 19.2 Å². The van der Waals surface area contributed by atoms with E-state index in [0.29, 0.717) is 31.1 Å². The summed E-state index contributed by atoms with van der Waals surface area (Å²) in [6.07, 6.45) is 4.92. The van der Waals surface area contributed by atoms with Gasteiger partial charge in [-0.1, -0.05) is 18.6 Å². The molecule has 10 heteroatoms. The monoisotopic (exact) mass is 508 g/mol. The van der Waals surface area contributed by atoms with E-state index in [2.05, 4.69) is 15.4 Å². The average Bonchev–Trinajstić information content (AvgIpc) is 3.15. The van der Waals surface area contributed by atoms with Crippen LogP contribution in [0.2, 0.25) is 0 Å².